The fourth-order valence-corrected chi connectivity index (χ4v) is 2.68. The SMILES string of the molecule is CCCCN(CC(NC)c1cccc(OC)c1)C1CC1. The number of rotatable bonds is 9. The molecule has 0 aliphatic heterocycles. The van der Waals surface area contributed by atoms with Gasteiger partial charge in [-0.15, -0.1) is 0 Å². The molecule has 1 aliphatic carbocycles. The average molecular weight is 276 g/mol. The van der Waals surface area contributed by atoms with Crippen LogP contribution in [0.2, 0.25) is 0 Å². The highest BCUT2D eigenvalue weighted by Crippen LogP contribution is 2.29. The molecule has 2 rings (SSSR count). The van der Waals surface area contributed by atoms with Crippen LogP contribution >= 0.6 is 0 Å². The number of methoxy groups -OCH3 is 1. The van der Waals surface area contributed by atoms with E-state index in [-0.39, 0.29) is 0 Å². The van der Waals surface area contributed by atoms with Gasteiger partial charge in [-0.05, 0) is 50.6 Å². The summed E-state index contributed by atoms with van der Waals surface area (Å²) in [6.07, 6.45) is 5.31. The highest BCUT2D eigenvalue weighted by molar-refractivity contribution is 5.30. The van der Waals surface area contributed by atoms with Crippen LogP contribution < -0.4 is 10.1 Å². The van der Waals surface area contributed by atoms with Gasteiger partial charge < -0.3 is 10.1 Å². The van der Waals surface area contributed by atoms with E-state index in [1.54, 1.807) is 7.11 Å². The highest BCUT2D eigenvalue weighted by Gasteiger charge is 2.30. The maximum Gasteiger partial charge on any atom is 0.119 e. The highest BCUT2D eigenvalue weighted by atomic mass is 16.5. The van der Waals surface area contributed by atoms with Crippen molar-refractivity contribution in [1.29, 1.82) is 0 Å². The lowest BCUT2D eigenvalue weighted by atomic mass is 10.1. The molecular formula is C17H28N2O. The summed E-state index contributed by atoms with van der Waals surface area (Å²) < 4.78 is 5.34. The van der Waals surface area contributed by atoms with Gasteiger partial charge in [0.1, 0.15) is 5.75 Å². The van der Waals surface area contributed by atoms with Crippen molar-refractivity contribution in [2.45, 2.75) is 44.7 Å². The molecule has 0 aromatic heterocycles. The van der Waals surface area contributed by atoms with E-state index in [0.717, 1.165) is 18.3 Å². The lowest BCUT2D eigenvalue weighted by molar-refractivity contribution is 0.233. The predicted molar refractivity (Wildman–Crippen MR) is 84.3 cm³/mol. The summed E-state index contributed by atoms with van der Waals surface area (Å²) in [5, 5.41) is 3.46. The Labute approximate surface area is 123 Å². The van der Waals surface area contributed by atoms with Gasteiger partial charge >= 0.3 is 0 Å². The van der Waals surface area contributed by atoms with E-state index in [2.05, 4.69) is 42.4 Å². The molecule has 0 spiro atoms. The first-order valence-corrected chi connectivity index (χ1v) is 7.83. The molecule has 1 aromatic rings. The quantitative estimate of drug-likeness (QED) is 0.749. The summed E-state index contributed by atoms with van der Waals surface area (Å²) in [5.41, 5.74) is 1.31. The average Bonchev–Trinajstić information content (AvgIpc) is 3.32. The Morgan fingerprint density at radius 1 is 1.40 bits per heavy atom. The van der Waals surface area contributed by atoms with Gasteiger partial charge in [0.25, 0.3) is 0 Å². The number of hydrogen-bond acceptors (Lipinski definition) is 3. The Kier molecular flexibility index (Phi) is 5.86. The molecule has 1 aliphatic rings. The number of nitrogens with one attached hydrogen (secondary N) is 1. The monoisotopic (exact) mass is 276 g/mol. The molecular weight excluding hydrogens is 248 g/mol. The number of benzene rings is 1. The minimum atomic E-state index is 0.377. The van der Waals surface area contributed by atoms with Crippen LogP contribution in [0.3, 0.4) is 0 Å². The summed E-state index contributed by atoms with van der Waals surface area (Å²) in [6, 6.07) is 9.61. The largest absolute Gasteiger partial charge is 0.497 e. The van der Waals surface area contributed by atoms with Crippen molar-refractivity contribution in [2.24, 2.45) is 0 Å². The zero-order valence-electron chi connectivity index (χ0n) is 13.1. The molecule has 0 radical (unpaired) electrons. The first-order chi connectivity index (χ1) is 9.78. The molecule has 1 atom stereocenters. The van der Waals surface area contributed by atoms with Crippen molar-refractivity contribution >= 4 is 0 Å². The zero-order chi connectivity index (χ0) is 14.4. The normalized spacial score (nSPS) is 16.4. The Morgan fingerprint density at radius 2 is 2.20 bits per heavy atom. The number of ether oxygens (including phenoxy) is 1. The van der Waals surface area contributed by atoms with E-state index in [9.17, 15) is 0 Å². The van der Waals surface area contributed by atoms with E-state index in [0.29, 0.717) is 6.04 Å². The van der Waals surface area contributed by atoms with Crippen LogP contribution in [-0.2, 0) is 0 Å². The van der Waals surface area contributed by atoms with E-state index in [1.807, 2.05) is 6.07 Å². The smallest absolute Gasteiger partial charge is 0.119 e. The van der Waals surface area contributed by atoms with E-state index in [1.165, 1.54) is 37.8 Å². The first kappa shape index (κ1) is 15.3. The van der Waals surface area contributed by atoms with Gasteiger partial charge in [-0.2, -0.15) is 0 Å². The second-order valence-electron chi connectivity index (χ2n) is 5.70. The minimum Gasteiger partial charge on any atom is -0.497 e. The zero-order valence-corrected chi connectivity index (χ0v) is 13.1. The fourth-order valence-electron chi connectivity index (χ4n) is 2.68. The summed E-state index contributed by atoms with van der Waals surface area (Å²) in [7, 11) is 3.78. The second-order valence-corrected chi connectivity index (χ2v) is 5.70. The molecule has 3 nitrogen and oxygen atoms in total. The van der Waals surface area contributed by atoms with Crippen molar-refractivity contribution in [3.63, 3.8) is 0 Å². The van der Waals surface area contributed by atoms with Gasteiger partial charge in [0, 0.05) is 18.6 Å². The first-order valence-electron chi connectivity index (χ1n) is 7.83. The van der Waals surface area contributed by atoms with Crippen molar-refractivity contribution in [1.82, 2.24) is 10.2 Å². The molecule has 1 N–H and O–H groups in total. The van der Waals surface area contributed by atoms with Crippen LogP contribution in [0, 0.1) is 0 Å². The van der Waals surface area contributed by atoms with Gasteiger partial charge in [-0.25, -0.2) is 0 Å². The molecule has 0 amide bonds. The predicted octanol–water partition coefficient (Wildman–Crippen LogP) is 3.22. The Hall–Kier alpha value is -1.06. The van der Waals surface area contributed by atoms with Crippen LogP contribution in [0.15, 0.2) is 24.3 Å². The molecule has 20 heavy (non-hydrogen) atoms. The van der Waals surface area contributed by atoms with Crippen LogP contribution in [0.5, 0.6) is 5.75 Å². The molecule has 112 valence electrons. The number of likely N-dealkylation sites (N-methyl/N-ethyl adjacent to an activating group) is 1. The second kappa shape index (κ2) is 7.65. The van der Waals surface area contributed by atoms with Gasteiger partial charge in [-0.3, -0.25) is 4.90 Å². The Bertz CT molecular complexity index is 404. The molecule has 3 heteroatoms. The van der Waals surface area contributed by atoms with E-state index in [4.69, 9.17) is 4.74 Å². The van der Waals surface area contributed by atoms with Crippen LogP contribution in [0.25, 0.3) is 0 Å². The van der Waals surface area contributed by atoms with Crippen LogP contribution in [0.1, 0.15) is 44.2 Å². The van der Waals surface area contributed by atoms with E-state index < -0.39 is 0 Å². The molecule has 0 bridgehead atoms. The number of nitrogens with zero attached hydrogens (tertiary/aromatic N) is 1. The summed E-state index contributed by atoms with van der Waals surface area (Å²) in [6.45, 7) is 4.58. The summed E-state index contributed by atoms with van der Waals surface area (Å²) >= 11 is 0. The van der Waals surface area contributed by atoms with Crippen molar-refractivity contribution in [3.05, 3.63) is 29.8 Å². The third-order valence-corrected chi connectivity index (χ3v) is 4.12. The van der Waals surface area contributed by atoms with E-state index >= 15 is 0 Å². The van der Waals surface area contributed by atoms with Gasteiger partial charge in [-0.1, -0.05) is 25.5 Å². The standard InChI is InChI=1S/C17H28N2O/c1-4-5-11-19(15-9-10-15)13-17(18-2)14-7-6-8-16(12-14)20-3/h6-8,12,15,17-18H,4-5,9-11,13H2,1-3H3. The van der Waals surface area contributed by atoms with Crippen molar-refractivity contribution in [2.75, 3.05) is 27.2 Å². The summed E-state index contributed by atoms with van der Waals surface area (Å²) in [5.74, 6) is 0.939. The molecule has 1 unspecified atom stereocenters. The van der Waals surface area contributed by atoms with Crippen LogP contribution in [0.4, 0.5) is 0 Å². The number of hydrogen-bond donors (Lipinski definition) is 1. The third kappa shape index (κ3) is 4.22. The molecule has 1 fully saturated rings. The van der Waals surface area contributed by atoms with Gasteiger partial charge in [0.15, 0.2) is 0 Å². The Morgan fingerprint density at radius 3 is 2.80 bits per heavy atom. The van der Waals surface area contributed by atoms with Crippen LogP contribution in [-0.4, -0.2) is 38.2 Å². The van der Waals surface area contributed by atoms with Crippen molar-refractivity contribution < 1.29 is 4.74 Å². The molecule has 1 saturated carbocycles. The fraction of sp³-hybridized carbons (Fsp3) is 0.647. The molecule has 0 saturated heterocycles. The minimum absolute atomic E-state index is 0.377. The maximum atomic E-state index is 5.34. The molecule has 0 heterocycles. The van der Waals surface area contributed by atoms with Gasteiger partial charge in [0.05, 0.1) is 7.11 Å². The third-order valence-electron chi connectivity index (χ3n) is 4.12. The van der Waals surface area contributed by atoms with Crippen molar-refractivity contribution in [3.8, 4) is 5.75 Å². The maximum absolute atomic E-state index is 5.34. The lowest BCUT2D eigenvalue weighted by Crippen LogP contribution is -2.36. The Balaban J connectivity index is 2.02. The summed E-state index contributed by atoms with van der Waals surface area (Å²) in [4.78, 5) is 2.66. The topological polar surface area (TPSA) is 24.5 Å². The lowest BCUT2D eigenvalue weighted by Gasteiger charge is -2.27. The number of unbranched alkanes of at least 4 members (excludes halogenated alkanes) is 1. The molecule has 1 aromatic carbocycles. The van der Waals surface area contributed by atoms with Gasteiger partial charge in [0.2, 0.25) is 0 Å².